The van der Waals surface area contributed by atoms with E-state index in [1.165, 1.54) is 0 Å². The highest BCUT2D eigenvalue weighted by molar-refractivity contribution is 5.92. The van der Waals surface area contributed by atoms with E-state index >= 15 is 0 Å². The second-order valence-electron chi connectivity index (χ2n) is 7.90. The van der Waals surface area contributed by atoms with Gasteiger partial charge < -0.3 is 15.4 Å². The average Bonchev–Trinajstić information content (AvgIpc) is 2.64. The summed E-state index contributed by atoms with van der Waals surface area (Å²) in [5.74, 6) is 0.110. The topological polar surface area (TPSA) is 84.5 Å². The van der Waals surface area contributed by atoms with Gasteiger partial charge in [-0.05, 0) is 30.2 Å². The quantitative estimate of drug-likeness (QED) is 0.601. The Morgan fingerprint density at radius 2 is 1.46 bits per heavy atom. The van der Waals surface area contributed by atoms with Gasteiger partial charge in [0.15, 0.2) is 5.78 Å². The zero-order valence-electron chi connectivity index (χ0n) is 17.7. The maximum absolute atomic E-state index is 12.8. The van der Waals surface area contributed by atoms with Crippen LogP contribution in [-0.2, 0) is 20.9 Å². The number of hydrogen-bond donors (Lipinski definition) is 2. The predicted octanol–water partition coefficient (Wildman–Crippen LogP) is 3.84. The van der Waals surface area contributed by atoms with E-state index in [2.05, 4.69) is 10.6 Å². The molecule has 2 unspecified atom stereocenters. The largest absolute Gasteiger partial charge is 0.445 e. The summed E-state index contributed by atoms with van der Waals surface area (Å²) in [4.78, 5) is 37.1. The molecule has 1 aromatic rings. The summed E-state index contributed by atoms with van der Waals surface area (Å²) in [6, 6.07) is 8.06. The minimum Gasteiger partial charge on any atom is -0.445 e. The number of ketones is 1. The van der Waals surface area contributed by atoms with Crippen molar-refractivity contribution in [2.45, 2.75) is 72.6 Å². The van der Waals surface area contributed by atoms with E-state index < -0.39 is 18.2 Å². The predicted molar refractivity (Wildman–Crippen MR) is 110 cm³/mol. The van der Waals surface area contributed by atoms with Crippen LogP contribution in [0.3, 0.4) is 0 Å². The molecule has 28 heavy (non-hydrogen) atoms. The lowest BCUT2D eigenvalue weighted by Crippen LogP contribution is -2.52. The van der Waals surface area contributed by atoms with Gasteiger partial charge in [0.25, 0.3) is 0 Å². The fourth-order valence-corrected chi connectivity index (χ4v) is 2.87. The van der Waals surface area contributed by atoms with Gasteiger partial charge >= 0.3 is 6.09 Å². The first-order chi connectivity index (χ1) is 13.2. The Balaban J connectivity index is 2.72. The van der Waals surface area contributed by atoms with Crippen LogP contribution >= 0.6 is 0 Å². The molecule has 156 valence electrons. The molecule has 0 heterocycles. The molecule has 2 N–H and O–H groups in total. The zero-order chi connectivity index (χ0) is 21.1. The van der Waals surface area contributed by atoms with Gasteiger partial charge in [-0.3, -0.25) is 9.59 Å². The number of alkyl carbamates (subject to hydrolysis) is 1. The van der Waals surface area contributed by atoms with E-state index in [0.717, 1.165) is 5.56 Å². The van der Waals surface area contributed by atoms with Crippen LogP contribution in [0.2, 0.25) is 0 Å². The van der Waals surface area contributed by atoms with Crippen LogP contribution in [0.15, 0.2) is 30.3 Å². The molecule has 0 fully saturated rings. The van der Waals surface area contributed by atoms with E-state index in [-0.39, 0.29) is 30.1 Å². The number of ether oxygens (including phenoxy) is 1. The summed E-state index contributed by atoms with van der Waals surface area (Å²) in [6.07, 6.45) is 0.748. The SMILES string of the molecule is CCC(=O)C(CC(C)C)NC(=O)C(CC(C)C)NC(=O)OCc1ccccc1. The van der Waals surface area contributed by atoms with E-state index in [1.807, 2.05) is 58.0 Å². The Kier molecular flexibility index (Phi) is 10.3. The zero-order valence-corrected chi connectivity index (χ0v) is 17.7. The summed E-state index contributed by atoms with van der Waals surface area (Å²) in [5.41, 5.74) is 0.869. The third-order valence-electron chi connectivity index (χ3n) is 4.29. The van der Waals surface area contributed by atoms with E-state index in [4.69, 9.17) is 4.74 Å². The maximum atomic E-state index is 12.8. The Hall–Kier alpha value is -2.37. The number of rotatable bonds is 11. The lowest BCUT2D eigenvalue weighted by molar-refractivity contribution is -0.129. The molecular weight excluding hydrogens is 356 g/mol. The van der Waals surface area contributed by atoms with Crippen molar-refractivity contribution in [3.63, 3.8) is 0 Å². The lowest BCUT2D eigenvalue weighted by atomic mass is 9.97. The van der Waals surface area contributed by atoms with Crippen LogP contribution < -0.4 is 10.6 Å². The standard InChI is InChI=1S/C22H34N2O4/c1-6-20(25)18(12-15(2)3)23-21(26)19(13-16(4)5)24-22(27)28-14-17-10-8-7-9-11-17/h7-11,15-16,18-19H,6,12-14H2,1-5H3,(H,23,26)(H,24,27). The molecule has 0 saturated heterocycles. The van der Waals surface area contributed by atoms with Crippen LogP contribution in [0.4, 0.5) is 4.79 Å². The lowest BCUT2D eigenvalue weighted by Gasteiger charge is -2.24. The third-order valence-corrected chi connectivity index (χ3v) is 4.29. The monoisotopic (exact) mass is 390 g/mol. The molecular formula is C22H34N2O4. The van der Waals surface area contributed by atoms with Crippen molar-refractivity contribution in [2.24, 2.45) is 11.8 Å². The minimum absolute atomic E-state index is 0.00278. The van der Waals surface area contributed by atoms with Gasteiger partial charge in [0.1, 0.15) is 12.6 Å². The highest BCUT2D eigenvalue weighted by Crippen LogP contribution is 2.11. The molecule has 0 spiro atoms. The number of Topliss-reactive ketones (excluding diaryl/α,β-unsaturated/α-hetero) is 1. The molecule has 0 aromatic heterocycles. The number of benzene rings is 1. The van der Waals surface area contributed by atoms with Crippen LogP contribution in [0.25, 0.3) is 0 Å². The van der Waals surface area contributed by atoms with Gasteiger partial charge in [-0.25, -0.2) is 4.79 Å². The van der Waals surface area contributed by atoms with Crippen molar-refractivity contribution >= 4 is 17.8 Å². The summed E-state index contributed by atoms with van der Waals surface area (Å²) >= 11 is 0. The van der Waals surface area contributed by atoms with Gasteiger partial charge in [-0.15, -0.1) is 0 Å². The molecule has 1 aromatic carbocycles. The van der Waals surface area contributed by atoms with Gasteiger partial charge in [0.05, 0.1) is 6.04 Å². The number of nitrogens with one attached hydrogen (secondary N) is 2. The highest BCUT2D eigenvalue weighted by atomic mass is 16.5. The van der Waals surface area contributed by atoms with Crippen molar-refractivity contribution < 1.29 is 19.1 Å². The molecule has 0 saturated carbocycles. The number of hydrogen-bond acceptors (Lipinski definition) is 4. The van der Waals surface area contributed by atoms with E-state index in [9.17, 15) is 14.4 Å². The molecule has 0 aliphatic carbocycles. The molecule has 0 aliphatic rings. The summed E-state index contributed by atoms with van der Waals surface area (Å²) in [6.45, 7) is 9.87. The van der Waals surface area contributed by atoms with Crippen molar-refractivity contribution in [3.05, 3.63) is 35.9 Å². The van der Waals surface area contributed by atoms with Gasteiger partial charge in [0, 0.05) is 6.42 Å². The van der Waals surface area contributed by atoms with Crippen LogP contribution in [0, 0.1) is 11.8 Å². The summed E-state index contributed by atoms with van der Waals surface area (Å²) in [7, 11) is 0. The van der Waals surface area contributed by atoms with Crippen LogP contribution in [0.1, 0.15) is 59.4 Å². The average molecular weight is 391 g/mol. The minimum atomic E-state index is -0.748. The first-order valence-electron chi connectivity index (χ1n) is 10.0. The first kappa shape index (κ1) is 23.7. The molecule has 2 atom stereocenters. The second kappa shape index (κ2) is 12.2. The molecule has 0 bridgehead atoms. The van der Waals surface area contributed by atoms with Crippen molar-refractivity contribution in [2.75, 3.05) is 0 Å². The van der Waals surface area contributed by atoms with E-state index in [0.29, 0.717) is 19.3 Å². The first-order valence-corrected chi connectivity index (χ1v) is 10.0. The summed E-state index contributed by atoms with van der Waals surface area (Å²) in [5, 5.41) is 5.47. The fraction of sp³-hybridized carbons (Fsp3) is 0.591. The third kappa shape index (κ3) is 9.02. The molecule has 0 aliphatic heterocycles. The van der Waals surface area contributed by atoms with Crippen molar-refractivity contribution in [1.82, 2.24) is 10.6 Å². The number of carbonyl (C=O) groups excluding carboxylic acids is 3. The van der Waals surface area contributed by atoms with Crippen LogP contribution in [0.5, 0.6) is 0 Å². The number of amides is 2. The highest BCUT2D eigenvalue weighted by Gasteiger charge is 2.27. The second-order valence-corrected chi connectivity index (χ2v) is 7.90. The molecule has 6 nitrogen and oxygen atoms in total. The van der Waals surface area contributed by atoms with Crippen molar-refractivity contribution in [1.29, 1.82) is 0 Å². The Labute approximate surface area is 168 Å². The maximum Gasteiger partial charge on any atom is 0.408 e. The molecule has 0 radical (unpaired) electrons. The van der Waals surface area contributed by atoms with Gasteiger partial charge in [-0.2, -0.15) is 0 Å². The van der Waals surface area contributed by atoms with Crippen LogP contribution in [-0.4, -0.2) is 29.9 Å². The molecule has 2 amide bonds. The normalized spacial score (nSPS) is 13.1. The van der Waals surface area contributed by atoms with Gasteiger partial charge in [0.2, 0.25) is 5.91 Å². The Morgan fingerprint density at radius 1 is 0.893 bits per heavy atom. The number of carbonyl (C=O) groups is 3. The smallest absolute Gasteiger partial charge is 0.408 e. The van der Waals surface area contributed by atoms with Gasteiger partial charge in [-0.1, -0.05) is 65.0 Å². The fourth-order valence-electron chi connectivity index (χ4n) is 2.87. The molecule has 6 heteroatoms. The van der Waals surface area contributed by atoms with E-state index in [1.54, 1.807) is 6.92 Å². The Morgan fingerprint density at radius 3 is 2.00 bits per heavy atom. The summed E-state index contributed by atoms with van der Waals surface area (Å²) < 4.78 is 5.23. The van der Waals surface area contributed by atoms with Crippen molar-refractivity contribution in [3.8, 4) is 0 Å². The Bertz CT molecular complexity index is 629. The molecule has 1 rings (SSSR count).